The molecule has 18 heavy (non-hydrogen) atoms. The smallest absolute Gasteiger partial charge is 0.193 e. The summed E-state index contributed by atoms with van der Waals surface area (Å²) in [5, 5.41) is 0.717. The topological polar surface area (TPSA) is 17.1 Å². The van der Waals surface area contributed by atoms with Crippen LogP contribution in [0.4, 0.5) is 0 Å². The van der Waals surface area contributed by atoms with Gasteiger partial charge < -0.3 is 0 Å². The van der Waals surface area contributed by atoms with Crippen molar-refractivity contribution in [2.24, 2.45) is 0 Å². The van der Waals surface area contributed by atoms with Gasteiger partial charge in [0.1, 0.15) is 0 Å². The van der Waals surface area contributed by atoms with Gasteiger partial charge in [-0.25, -0.2) is 0 Å². The molecule has 0 saturated heterocycles. The van der Waals surface area contributed by atoms with Gasteiger partial charge in [0.05, 0.1) is 0 Å². The fraction of sp³-hybridized carbons (Fsp3) is 0.188. The number of carbonyl (C=O) groups is 1. The molecule has 0 atom stereocenters. The first-order chi connectivity index (χ1) is 8.59. The van der Waals surface area contributed by atoms with Crippen LogP contribution in [-0.4, -0.2) is 5.78 Å². The third-order valence-corrected chi connectivity index (χ3v) is 3.26. The quantitative estimate of drug-likeness (QED) is 0.730. The predicted molar refractivity (Wildman–Crippen MR) is 75.4 cm³/mol. The molecule has 2 aromatic carbocycles. The predicted octanol–water partition coefficient (Wildman–Crippen LogP) is 4.69. The van der Waals surface area contributed by atoms with Crippen molar-refractivity contribution in [1.82, 2.24) is 0 Å². The zero-order valence-electron chi connectivity index (χ0n) is 10.5. The Hall–Kier alpha value is -1.60. The second-order valence-electron chi connectivity index (χ2n) is 4.59. The minimum Gasteiger partial charge on any atom is -0.289 e. The summed E-state index contributed by atoms with van der Waals surface area (Å²) in [6, 6.07) is 14.8. The molecule has 0 aliphatic rings. The first kappa shape index (κ1) is 12.8. The van der Waals surface area contributed by atoms with Gasteiger partial charge >= 0.3 is 0 Å². The molecule has 0 spiro atoms. The Morgan fingerprint density at radius 3 is 2.28 bits per heavy atom. The molecule has 0 fully saturated rings. The molecule has 0 N–H and O–H groups in total. The van der Waals surface area contributed by atoms with Gasteiger partial charge in [0, 0.05) is 16.1 Å². The van der Waals surface area contributed by atoms with Crippen LogP contribution in [0, 0.1) is 0 Å². The largest absolute Gasteiger partial charge is 0.289 e. The molecule has 0 saturated carbocycles. The van der Waals surface area contributed by atoms with E-state index in [0.717, 1.165) is 10.6 Å². The molecule has 0 bridgehead atoms. The average molecular weight is 259 g/mol. The van der Waals surface area contributed by atoms with Crippen molar-refractivity contribution < 1.29 is 4.79 Å². The van der Waals surface area contributed by atoms with Gasteiger partial charge in [0.15, 0.2) is 5.78 Å². The van der Waals surface area contributed by atoms with Gasteiger partial charge in [-0.15, -0.1) is 0 Å². The van der Waals surface area contributed by atoms with Crippen molar-refractivity contribution in [3.63, 3.8) is 0 Å². The van der Waals surface area contributed by atoms with Crippen LogP contribution in [0.15, 0.2) is 48.5 Å². The molecule has 0 radical (unpaired) electrons. The number of halogens is 1. The van der Waals surface area contributed by atoms with Crippen molar-refractivity contribution in [2.75, 3.05) is 0 Å². The molecule has 92 valence electrons. The summed E-state index contributed by atoms with van der Waals surface area (Å²) in [6.07, 6.45) is 0. The number of carbonyl (C=O) groups excluding carboxylic acids is 1. The maximum absolute atomic E-state index is 12.3. The maximum atomic E-state index is 12.3. The molecule has 0 aromatic heterocycles. The normalized spacial score (nSPS) is 10.7. The van der Waals surface area contributed by atoms with Crippen LogP contribution >= 0.6 is 11.6 Å². The summed E-state index contributed by atoms with van der Waals surface area (Å²) >= 11 is 6.13. The molecular weight excluding hydrogens is 244 g/mol. The summed E-state index contributed by atoms with van der Waals surface area (Å²) in [4.78, 5) is 12.3. The summed E-state index contributed by atoms with van der Waals surface area (Å²) < 4.78 is 0. The molecular formula is C16H15ClO. The number of hydrogen-bond acceptors (Lipinski definition) is 1. The van der Waals surface area contributed by atoms with Crippen molar-refractivity contribution in [3.8, 4) is 0 Å². The van der Waals surface area contributed by atoms with E-state index in [2.05, 4.69) is 13.8 Å². The zero-order chi connectivity index (χ0) is 13.1. The van der Waals surface area contributed by atoms with Gasteiger partial charge in [-0.05, 0) is 29.7 Å². The lowest BCUT2D eigenvalue weighted by Gasteiger charge is -2.10. The van der Waals surface area contributed by atoms with Gasteiger partial charge in [0.2, 0.25) is 0 Å². The van der Waals surface area contributed by atoms with E-state index in [1.54, 1.807) is 12.1 Å². The molecule has 1 nitrogen and oxygen atoms in total. The van der Waals surface area contributed by atoms with E-state index in [1.807, 2.05) is 36.4 Å². The van der Waals surface area contributed by atoms with Crippen molar-refractivity contribution >= 4 is 17.4 Å². The second-order valence-corrected chi connectivity index (χ2v) is 4.99. The van der Waals surface area contributed by atoms with E-state index < -0.39 is 0 Å². The number of ketones is 1. The molecule has 2 heteroatoms. The molecule has 2 aromatic rings. The van der Waals surface area contributed by atoms with E-state index in [0.29, 0.717) is 17.0 Å². The van der Waals surface area contributed by atoms with Crippen molar-refractivity contribution in [1.29, 1.82) is 0 Å². The second kappa shape index (κ2) is 5.36. The fourth-order valence-corrected chi connectivity index (χ4v) is 2.22. The Balaban J connectivity index is 2.41. The first-order valence-electron chi connectivity index (χ1n) is 5.99. The molecule has 2 rings (SSSR count). The molecule has 0 unspecified atom stereocenters. The Bertz CT molecular complexity index is 559. The summed E-state index contributed by atoms with van der Waals surface area (Å²) in [7, 11) is 0. The van der Waals surface area contributed by atoms with Crippen molar-refractivity contribution in [2.45, 2.75) is 19.8 Å². The van der Waals surface area contributed by atoms with Gasteiger partial charge in [-0.1, -0.05) is 55.8 Å². The Kier molecular flexibility index (Phi) is 3.83. The van der Waals surface area contributed by atoms with Crippen LogP contribution in [0.5, 0.6) is 0 Å². The van der Waals surface area contributed by atoms with E-state index in [-0.39, 0.29) is 5.78 Å². The Labute approximate surface area is 112 Å². The number of rotatable bonds is 3. The monoisotopic (exact) mass is 258 g/mol. The summed E-state index contributed by atoms with van der Waals surface area (Å²) in [6.45, 7) is 4.13. The molecule has 0 heterocycles. The molecule has 0 amide bonds. The van der Waals surface area contributed by atoms with E-state index in [4.69, 9.17) is 11.6 Å². The number of hydrogen-bond donors (Lipinski definition) is 0. The lowest BCUT2D eigenvalue weighted by molar-refractivity contribution is 0.103. The Morgan fingerprint density at radius 1 is 1.00 bits per heavy atom. The highest BCUT2D eigenvalue weighted by Gasteiger charge is 2.12. The minimum atomic E-state index is 0.0363. The highest BCUT2D eigenvalue weighted by atomic mass is 35.5. The summed E-state index contributed by atoms with van der Waals surface area (Å²) in [5.74, 6) is 0.343. The Morgan fingerprint density at radius 2 is 1.67 bits per heavy atom. The lowest BCUT2D eigenvalue weighted by atomic mass is 9.97. The third-order valence-electron chi connectivity index (χ3n) is 2.92. The highest BCUT2D eigenvalue weighted by molar-refractivity contribution is 6.31. The average Bonchev–Trinajstić information content (AvgIpc) is 2.39. The van der Waals surface area contributed by atoms with Crippen LogP contribution in [-0.2, 0) is 0 Å². The number of benzene rings is 2. The first-order valence-corrected chi connectivity index (χ1v) is 6.36. The third kappa shape index (κ3) is 2.62. The van der Waals surface area contributed by atoms with Gasteiger partial charge in [-0.3, -0.25) is 4.79 Å². The molecule has 0 aliphatic heterocycles. The SMILES string of the molecule is CC(C)c1cc(C(=O)c2ccccc2)ccc1Cl. The van der Waals surface area contributed by atoms with Gasteiger partial charge in [0.25, 0.3) is 0 Å². The van der Waals surface area contributed by atoms with Crippen LogP contribution in [0.2, 0.25) is 5.02 Å². The molecule has 0 aliphatic carbocycles. The van der Waals surface area contributed by atoms with E-state index in [1.165, 1.54) is 0 Å². The fourth-order valence-electron chi connectivity index (χ4n) is 1.88. The maximum Gasteiger partial charge on any atom is 0.193 e. The zero-order valence-corrected chi connectivity index (χ0v) is 11.2. The summed E-state index contributed by atoms with van der Waals surface area (Å²) in [5.41, 5.74) is 2.40. The minimum absolute atomic E-state index is 0.0363. The standard InChI is InChI=1S/C16H15ClO/c1-11(2)14-10-13(8-9-15(14)17)16(18)12-6-4-3-5-7-12/h3-11H,1-2H3. The van der Waals surface area contributed by atoms with Crippen LogP contribution in [0.3, 0.4) is 0 Å². The van der Waals surface area contributed by atoms with Crippen LogP contribution in [0.25, 0.3) is 0 Å². The van der Waals surface area contributed by atoms with E-state index >= 15 is 0 Å². The van der Waals surface area contributed by atoms with Crippen LogP contribution < -0.4 is 0 Å². The lowest BCUT2D eigenvalue weighted by Crippen LogP contribution is -2.02. The van der Waals surface area contributed by atoms with E-state index in [9.17, 15) is 4.79 Å². The van der Waals surface area contributed by atoms with Crippen molar-refractivity contribution in [3.05, 3.63) is 70.2 Å². The van der Waals surface area contributed by atoms with Gasteiger partial charge in [-0.2, -0.15) is 0 Å². The highest BCUT2D eigenvalue weighted by Crippen LogP contribution is 2.26. The van der Waals surface area contributed by atoms with Crippen LogP contribution in [0.1, 0.15) is 41.3 Å².